The molecule has 3 amide bonds. The normalized spacial score (nSPS) is 10.7. The summed E-state index contributed by atoms with van der Waals surface area (Å²) in [7, 11) is 1.48. The minimum absolute atomic E-state index is 0.0356. The summed E-state index contributed by atoms with van der Waals surface area (Å²) in [6, 6.07) is 14.0. The Morgan fingerprint density at radius 2 is 1.43 bits per heavy atom. The van der Waals surface area contributed by atoms with Gasteiger partial charge in [0.05, 0.1) is 0 Å². The van der Waals surface area contributed by atoms with Crippen LogP contribution >= 0.6 is 0 Å². The monoisotopic (exact) mass is 488 g/mol. The number of anilines is 2. The number of hydrogen-bond donors (Lipinski definition) is 3. The highest BCUT2D eigenvalue weighted by molar-refractivity contribution is 6.08. The van der Waals surface area contributed by atoms with Crippen LogP contribution in [0, 0.1) is 0 Å². The lowest BCUT2D eigenvalue weighted by Gasteiger charge is -2.11. The number of benzene rings is 2. The molecule has 9 nitrogen and oxygen atoms in total. The molecular weight excluding hydrogens is 469 g/mol. The van der Waals surface area contributed by atoms with Crippen LogP contribution in [0.2, 0.25) is 0 Å². The predicted molar refractivity (Wildman–Crippen MR) is 119 cm³/mol. The summed E-state index contributed by atoms with van der Waals surface area (Å²) in [4.78, 5) is 40.0. The highest BCUT2D eigenvalue weighted by Gasteiger charge is 2.31. The average molecular weight is 488 g/mol. The van der Waals surface area contributed by atoms with Crippen molar-refractivity contribution in [2.24, 2.45) is 0 Å². The molecule has 1 aromatic heterocycles. The van der Waals surface area contributed by atoms with Crippen LogP contribution in [0.1, 0.15) is 16.9 Å². The van der Waals surface area contributed by atoms with Gasteiger partial charge in [0.15, 0.2) is 0 Å². The van der Waals surface area contributed by atoms with Crippen LogP contribution in [-0.4, -0.2) is 36.1 Å². The summed E-state index contributed by atoms with van der Waals surface area (Å²) < 4.78 is 46.5. The fraction of sp³-hybridized carbons (Fsp3) is 0.130. The molecule has 35 heavy (non-hydrogen) atoms. The van der Waals surface area contributed by atoms with Gasteiger partial charge in [0.1, 0.15) is 29.4 Å². The van der Waals surface area contributed by atoms with Crippen LogP contribution in [-0.2, 0) is 9.59 Å². The van der Waals surface area contributed by atoms with Crippen LogP contribution < -0.4 is 25.4 Å². The number of alkyl halides is 3. The molecule has 0 saturated carbocycles. The van der Waals surface area contributed by atoms with Crippen molar-refractivity contribution >= 4 is 29.1 Å². The van der Waals surface area contributed by atoms with Gasteiger partial charge in [-0.25, -0.2) is 0 Å². The Balaban J connectivity index is 1.57. The molecule has 0 bridgehead atoms. The lowest BCUT2D eigenvalue weighted by molar-refractivity contribution is -0.274. The number of nitrogens with zero attached hydrogens (tertiary/aromatic N) is 1. The third-order valence-electron chi connectivity index (χ3n) is 4.22. The van der Waals surface area contributed by atoms with Gasteiger partial charge in [-0.05, 0) is 30.3 Å². The Bertz CT molecular complexity index is 1230. The van der Waals surface area contributed by atoms with Gasteiger partial charge in [-0.2, -0.15) is 0 Å². The van der Waals surface area contributed by atoms with Crippen molar-refractivity contribution in [3.05, 3.63) is 72.6 Å². The topological polar surface area (TPSA) is 119 Å². The Labute approximate surface area is 197 Å². The maximum atomic E-state index is 12.3. The number of rotatable bonds is 8. The maximum Gasteiger partial charge on any atom is 0.573 e. The first kappa shape index (κ1) is 25.0. The number of hydrogen-bond acceptors (Lipinski definition) is 6. The van der Waals surface area contributed by atoms with E-state index in [2.05, 4.69) is 25.7 Å². The molecule has 0 spiro atoms. The summed E-state index contributed by atoms with van der Waals surface area (Å²) in [6.07, 6.45) is -4.05. The lowest BCUT2D eigenvalue weighted by Crippen LogP contribution is -2.21. The molecule has 3 N–H and O–H groups in total. The molecule has 0 saturated heterocycles. The molecule has 182 valence electrons. The van der Waals surface area contributed by atoms with Crippen LogP contribution in [0.25, 0.3) is 0 Å². The number of ether oxygens (including phenoxy) is 2. The summed E-state index contributed by atoms with van der Waals surface area (Å²) in [5, 5.41) is 7.33. The van der Waals surface area contributed by atoms with E-state index in [1.54, 1.807) is 24.3 Å². The van der Waals surface area contributed by atoms with Gasteiger partial charge < -0.3 is 25.4 Å². The molecule has 0 radical (unpaired) electrons. The summed E-state index contributed by atoms with van der Waals surface area (Å²) in [5.74, 6) is -1.59. The quantitative estimate of drug-likeness (QED) is 0.411. The molecule has 0 atom stereocenters. The minimum atomic E-state index is -4.87. The van der Waals surface area contributed by atoms with Gasteiger partial charge in [0, 0.05) is 42.8 Å². The van der Waals surface area contributed by atoms with E-state index in [1.807, 2.05) is 0 Å². The first-order valence-electron chi connectivity index (χ1n) is 10.0. The average Bonchev–Trinajstić information content (AvgIpc) is 2.77. The smallest absolute Gasteiger partial charge is 0.457 e. The predicted octanol–water partition coefficient (Wildman–Crippen LogP) is 4.10. The van der Waals surface area contributed by atoms with Gasteiger partial charge >= 0.3 is 6.36 Å². The molecule has 0 aliphatic carbocycles. The number of carbonyl (C=O) groups is 3. The Morgan fingerprint density at radius 1 is 0.857 bits per heavy atom. The van der Waals surface area contributed by atoms with E-state index in [0.29, 0.717) is 17.2 Å². The van der Waals surface area contributed by atoms with Gasteiger partial charge in [0.25, 0.3) is 5.91 Å². The number of amides is 3. The molecule has 3 rings (SSSR count). The van der Waals surface area contributed by atoms with Crippen molar-refractivity contribution in [1.29, 1.82) is 0 Å². The standard InChI is InChI=1S/C23H19F3N4O5/c1-27-22(33)19-12-17(8-9-28-19)34-16-6-2-4-14(10-16)29-20(31)13-21(32)30-15-5-3-7-18(11-15)35-23(24,25)26/h2-12H,13H2,1H3,(H,27,33)(H,29,31)(H,30,32). The molecular formula is C23H19F3N4O5. The molecule has 0 fully saturated rings. The third kappa shape index (κ3) is 8.03. The van der Waals surface area contributed by atoms with Crippen LogP contribution in [0.4, 0.5) is 24.5 Å². The van der Waals surface area contributed by atoms with Gasteiger partial charge in [0.2, 0.25) is 11.8 Å². The first-order valence-corrected chi connectivity index (χ1v) is 10.0. The van der Waals surface area contributed by atoms with Crippen LogP contribution in [0.5, 0.6) is 17.2 Å². The molecule has 1 heterocycles. The SMILES string of the molecule is CNC(=O)c1cc(Oc2cccc(NC(=O)CC(=O)Nc3cccc(OC(F)(F)F)c3)c2)ccn1. The highest BCUT2D eigenvalue weighted by atomic mass is 19.4. The zero-order valence-corrected chi connectivity index (χ0v) is 18.2. The number of halogens is 3. The summed E-state index contributed by atoms with van der Waals surface area (Å²) in [6.45, 7) is 0. The second-order valence-electron chi connectivity index (χ2n) is 6.93. The van der Waals surface area contributed by atoms with Crippen LogP contribution in [0.15, 0.2) is 66.9 Å². The van der Waals surface area contributed by atoms with E-state index >= 15 is 0 Å². The van der Waals surface area contributed by atoms with Crippen molar-refractivity contribution in [2.75, 3.05) is 17.7 Å². The highest BCUT2D eigenvalue weighted by Crippen LogP contribution is 2.26. The molecule has 0 aliphatic heterocycles. The molecule has 2 aromatic carbocycles. The minimum Gasteiger partial charge on any atom is -0.457 e. The lowest BCUT2D eigenvalue weighted by atomic mass is 10.2. The first-order chi connectivity index (χ1) is 16.6. The van der Waals surface area contributed by atoms with Gasteiger partial charge in [-0.15, -0.1) is 13.2 Å². The molecule has 12 heteroatoms. The zero-order valence-electron chi connectivity index (χ0n) is 18.2. The third-order valence-corrected chi connectivity index (χ3v) is 4.22. The molecule has 3 aromatic rings. The Morgan fingerprint density at radius 3 is 2.03 bits per heavy atom. The van der Waals surface area contributed by atoms with E-state index in [0.717, 1.165) is 12.1 Å². The zero-order chi connectivity index (χ0) is 25.4. The largest absolute Gasteiger partial charge is 0.573 e. The molecule has 0 unspecified atom stereocenters. The van der Waals surface area contributed by atoms with E-state index in [9.17, 15) is 27.6 Å². The van der Waals surface area contributed by atoms with Crippen molar-refractivity contribution in [1.82, 2.24) is 10.3 Å². The van der Waals surface area contributed by atoms with E-state index in [-0.39, 0.29) is 17.3 Å². The van der Waals surface area contributed by atoms with E-state index in [4.69, 9.17) is 4.74 Å². The second-order valence-corrected chi connectivity index (χ2v) is 6.93. The van der Waals surface area contributed by atoms with E-state index in [1.165, 1.54) is 37.5 Å². The summed E-state index contributed by atoms with van der Waals surface area (Å²) >= 11 is 0. The second kappa shape index (κ2) is 11.0. The summed E-state index contributed by atoms with van der Waals surface area (Å²) in [5.41, 5.74) is 0.533. The number of nitrogens with one attached hydrogen (secondary N) is 3. The maximum absolute atomic E-state index is 12.3. The van der Waals surface area contributed by atoms with Crippen molar-refractivity contribution < 1.29 is 37.0 Å². The van der Waals surface area contributed by atoms with Gasteiger partial charge in [-0.3, -0.25) is 19.4 Å². The fourth-order valence-electron chi connectivity index (χ4n) is 2.83. The van der Waals surface area contributed by atoms with Crippen molar-refractivity contribution in [2.45, 2.75) is 12.8 Å². The fourth-order valence-corrected chi connectivity index (χ4v) is 2.83. The number of pyridine rings is 1. The van der Waals surface area contributed by atoms with E-state index < -0.39 is 30.3 Å². The Hall–Kier alpha value is -4.61. The van der Waals surface area contributed by atoms with Crippen molar-refractivity contribution in [3.8, 4) is 17.2 Å². The number of carbonyl (C=O) groups excluding carboxylic acids is 3. The number of aromatic nitrogens is 1. The molecule has 0 aliphatic rings. The Kier molecular flexibility index (Phi) is 7.87. The van der Waals surface area contributed by atoms with Gasteiger partial charge in [-0.1, -0.05) is 12.1 Å². The van der Waals surface area contributed by atoms with Crippen molar-refractivity contribution in [3.63, 3.8) is 0 Å². The van der Waals surface area contributed by atoms with Crippen LogP contribution in [0.3, 0.4) is 0 Å².